The van der Waals surface area contributed by atoms with Crippen LogP contribution < -0.4 is 0 Å². The number of nitrogens with zero attached hydrogens (tertiary/aromatic N) is 2. The summed E-state index contributed by atoms with van der Waals surface area (Å²) in [7, 11) is 1.82. The fourth-order valence-electron chi connectivity index (χ4n) is 2.92. The number of hydrogen-bond acceptors (Lipinski definition) is 5. The number of likely N-dealkylation sites (N-methyl/N-ethyl adjacent to an activating group) is 1. The Morgan fingerprint density at radius 3 is 2.92 bits per heavy atom. The highest BCUT2D eigenvalue weighted by molar-refractivity contribution is 7.09. The molecule has 130 valence electrons. The first-order chi connectivity index (χ1) is 11.7. The van der Waals surface area contributed by atoms with Gasteiger partial charge in [-0.15, -0.1) is 11.3 Å². The van der Waals surface area contributed by atoms with Gasteiger partial charge in [-0.3, -0.25) is 9.69 Å². The van der Waals surface area contributed by atoms with Gasteiger partial charge in [0, 0.05) is 31.6 Å². The Morgan fingerprint density at radius 2 is 2.25 bits per heavy atom. The first-order valence-corrected chi connectivity index (χ1v) is 9.21. The molecule has 0 radical (unpaired) electrons. The van der Waals surface area contributed by atoms with Crippen LogP contribution in [-0.2, 0) is 22.6 Å². The highest BCUT2D eigenvalue weighted by Gasteiger charge is 2.22. The van der Waals surface area contributed by atoms with Crippen molar-refractivity contribution in [1.82, 2.24) is 9.80 Å². The molecule has 0 bridgehead atoms. The zero-order valence-corrected chi connectivity index (χ0v) is 14.8. The van der Waals surface area contributed by atoms with Gasteiger partial charge >= 0.3 is 0 Å². The lowest BCUT2D eigenvalue weighted by molar-refractivity contribution is -0.132. The number of rotatable bonds is 8. The number of carbonyl (C=O) groups is 1. The van der Waals surface area contributed by atoms with E-state index in [1.54, 1.807) is 22.5 Å². The highest BCUT2D eigenvalue weighted by atomic mass is 32.1. The number of furan rings is 1. The summed E-state index contributed by atoms with van der Waals surface area (Å²) in [6.07, 6.45) is 4.07. The third-order valence-corrected chi connectivity index (χ3v) is 5.06. The maximum absolute atomic E-state index is 12.6. The molecule has 0 saturated carbocycles. The SMILES string of the molecule is CN(Cc1ccco1)C(=O)CN(Cc1cccs1)C[C@@H]1CCCO1. The molecule has 3 heterocycles. The molecule has 1 aliphatic heterocycles. The number of thiophene rings is 1. The van der Waals surface area contributed by atoms with E-state index in [4.69, 9.17) is 9.15 Å². The third-order valence-electron chi connectivity index (χ3n) is 4.20. The zero-order chi connectivity index (χ0) is 16.8. The van der Waals surface area contributed by atoms with Crippen LogP contribution >= 0.6 is 11.3 Å². The molecule has 0 N–H and O–H groups in total. The number of amides is 1. The second kappa shape index (κ2) is 8.46. The standard InChI is InChI=1S/C18H24N2O3S/c1-19(11-15-5-2-8-22-15)18(21)14-20(12-16-6-3-9-23-16)13-17-7-4-10-24-17/h2,4-5,7-8,10,16H,3,6,9,11-14H2,1H3/t16-/m0/s1. The molecule has 1 saturated heterocycles. The molecule has 0 spiro atoms. The lowest BCUT2D eigenvalue weighted by Crippen LogP contribution is -2.40. The largest absolute Gasteiger partial charge is 0.467 e. The van der Waals surface area contributed by atoms with Crippen LogP contribution in [0.25, 0.3) is 0 Å². The Kier molecular flexibility index (Phi) is 6.07. The van der Waals surface area contributed by atoms with Crippen molar-refractivity contribution in [3.63, 3.8) is 0 Å². The number of carbonyl (C=O) groups excluding carboxylic acids is 1. The fraction of sp³-hybridized carbons (Fsp3) is 0.500. The minimum atomic E-state index is 0.0981. The number of ether oxygens (including phenoxy) is 1. The van der Waals surface area contributed by atoms with Gasteiger partial charge in [-0.25, -0.2) is 0 Å². The van der Waals surface area contributed by atoms with Crippen LogP contribution in [0.3, 0.4) is 0 Å². The van der Waals surface area contributed by atoms with Crippen LogP contribution in [0.4, 0.5) is 0 Å². The van der Waals surface area contributed by atoms with Gasteiger partial charge in [0.2, 0.25) is 5.91 Å². The molecule has 5 nitrogen and oxygen atoms in total. The van der Waals surface area contributed by atoms with Crippen LogP contribution in [0.2, 0.25) is 0 Å². The van der Waals surface area contributed by atoms with Crippen molar-refractivity contribution in [2.45, 2.75) is 32.0 Å². The molecule has 1 aliphatic rings. The van der Waals surface area contributed by atoms with Crippen molar-refractivity contribution >= 4 is 17.2 Å². The van der Waals surface area contributed by atoms with E-state index in [-0.39, 0.29) is 12.0 Å². The summed E-state index contributed by atoms with van der Waals surface area (Å²) in [4.78, 5) is 17.8. The maximum Gasteiger partial charge on any atom is 0.236 e. The van der Waals surface area contributed by atoms with Crippen LogP contribution in [-0.4, -0.2) is 48.6 Å². The molecule has 6 heteroatoms. The second-order valence-electron chi connectivity index (χ2n) is 6.21. The van der Waals surface area contributed by atoms with Gasteiger partial charge in [-0.05, 0) is 36.4 Å². The lowest BCUT2D eigenvalue weighted by Gasteiger charge is -2.26. The Balaban J connectivity index is 1.57. The van der Waals surface area contributed by atoms with Gasteiger partial charge in [0.1, 0.15) is 5.76 Å². The summed E-state index contributed by atoms with van der Waals surface area (Å²) in [5, 5.41) is 2.07. The first-order valence-electron chi connectivity index (χ1n) is 8.33. The third kappa shape index (κ3) is 4.93. The summed E-state index contributed by atoms with van der Waals surface area (Å²) in [6, 6.07) is 7.90. The molecule has 24 heavy (non-hydrogen) atoms. The number of hydrogen-bond donors (Lipinski definition) is 0. The van der Waals surface area contributed by atoms with Gasteiger partial charge in [0.25, 0.3) is 0 Å². The zero-order valence-electron chi connectivity index (χ0n) is 14.0. The molecular weight excluding hydrogens is 324 g/mol. The Labute approximate surface area is 146 Å². The van der Waals surface area contributed by atoms with Crippen molar-refractivity contribution in [1.29, 1.82) is 0 Å². The molecule has 1 amide bonds. The van der Waals surface area contributed by atoms with Gasteiger partial charge < -0.3 is 14.1 Å². The van der Waals surface area contributed by atoms with E-state index in [9.17, 15) is 4.79 Å². The van der Waals surface area contributed by atoms with E-state index in [1.165, 1.54) is 4.88 Å². The van der Waals surface area contributed by atoms with Crippen LogP contribution in [0.15, 0.2) is 40.3 Å². The predicted molar refractivity (Wildman–Crippen MR) is 93.8 cm³/mol. The summed E-state index contributed by atoms with van der Waals surface area (Å²) in [5.41, 5.74) is 0. The molecule has 0 unspecified atom stereocenters. The Morgan fingerprint density at radius 1 is 1.33 bits per heavy atom. The second-order valence-corrected chi connectivity index (χ2v) is 7.25. The molecule has 0 aliphatic carbocycles. The average molecular weight is 348 g/mol. The van der Waals surface area contributed by atoms with E-state index < -0.39 is 0 Å². The van der Waals surface area contributed by atoms with Crippen molar-refractivity contribution in [3.05, 3.63) is 46.5 Å². The topological polar surface area (TPSA) is 45.9 Å². The van der Waals surface area contributed by atoms with E-state index in [0.29, 0.717) is 13.1 Å². The molecule has 1 fully saturated rings. The van der Waals surface area contributed by atoms with Crippen LogP contribution in [0.1, 0.15) is 23.5 Å². The van der Waals surface area contributed by atoms with E-state index in [2.05, 4.69) is 22.4 Å². The Bertz CT molecular complexity index is 606. The molecule has 2 aromatic heterocycles. The van der Waals surface area contributed by atoms with Gasteiger partial charge in [-0.1, -0.05) is 6.07 Å². The quantitative estimate of drug-likeness (QED) is 0.736. The van der Waals surface area contributed by atoms with E-state index in [1.807, 2.05) is 19.2 Å². The average Bonchev–Trinajstić information content (AvgIpc) is 3.30. The smallest absolute Gasteiger partial charge is 0.236 e. The van der Waals surface area contributed by atoms with Crippen molar-refractivity contribution < 1.29 is 13.9 Å². The Hall–Kier alpha value is -1.63. The van der Waals surface area contributed by atoms with Crippen molar-refractivity contribution in [2.24, 2.45) is 0 Å². The highest BCUT2D eigenvalue weighted by Crippen LogP contribution is 2.17. The van der Waals surface area contributed by atoms with Gasteiger partial charge in [0.15, 0.2) is 0 Å². The molecule has 3 rings (SSSR count). The van der Waals surface area contributed by atoms with Gasteiger partial charge in [0.05, 0.1) is 25.5 Å². The van der Waals surface area contributed by atoms with Gasteiger partial charge in [-0.2, -0.15) is 0 Å². The van der Waals surface area contributed by atoms with Crippen LogP contribution in [0.5, 0.6) is 0 Å². The summed E-state index contributed by atoms with van der Waals surface area (Å²) in [5.74, 6) is 0.899. The summed E-state index contributed by atoms with van der Waals surface area (Å²) < 4.78 is 11.1. The van der Waals surface area contributed by atoms with E-state index >= 15 is 0 Å². The van der Waals surface area contributed by atoms with Crippen molar-refractivity contribution in [2.75, 3.05) is 26.7 Å². The van der Waals surface area contributed by atoms with Crippen molar-refractivity contribution in [3.8, 4) is 0 Å². The maximum atomic E-state index is 12.6. The minimum Gasteiger partial charge on any atom is -0.467 e. The monoisotopic (exact) mass is 348 g/mol. The summed E-state index contributed by atoms with van der Waals surface area (Å²) >= 11 is 1.73. The molecular formula is C18H24N2O3S. The normalized spacial score (nSPS) is 17.5. The predicted octanol–water partition coefficient (Wildman–Crippen LogP) is 2.98. The molecule has 0 aromatic carbocycles. The fourth-order valence-corrected chi connectivity index (χ4v) is 3.67. The molecule has 2 aromatic rings. The molecule has 1 atom stereocenters. The first kappa shape index (κ1) is 17.2. The van der Waals surface area contributed by atoms with E-state index in [0.717, 1.165) is 38.3 Å². The summed E-state index contributed by atoms with van der Waals surface area (Å²) in [6.45, 7) is 3.33. The van der Waals surface area contributed by atoms with Crippen LogP contribution in [0, 0.1) is 0 Å². The lowest BCUT2D eigenvalue weighted by atomic mass is 10.2. The minimum absolute atomic E-state index is 0.0981.